The number of nitrogens with zero attached hydrogens (tertiary/aromatic N) is 1. The number of carbonyl (C=O) groups excluding carboxylic acids is 1. The molecule has 1 aromatic carbocycles. The second-order valence-electron chi connectivity index (χ2n) is 9.76. The molecule has 3 atom stereocenters. The fraction of sp³-hybridized carbons (Fsp3) is 0.560. The molecule has 34 heavy (non-hydrogen) atoms. The number of methoxy groups -OCH3 is 1. The van der Waals surface area contributed by atoms with Gasteiger partial charge in [-0.3, -0.25) is 4.79 Å². The van der Waals surface area contributed by atoms with Gasteiger partial charge in [0.15, 0.2) is 0 Å². The van der Waals surface area contributed by atoms with E-state index in [2.05, 4.69) is 10.6 Å². The Morgan fingerprint density at radius 1 is 1.12 bits per heavy atom. The Bertz CT molecular complexity index is 1120. The van der Waals surface area contributed by atoms with E-state index in [0.29, 0.717) is 40.7 Å². The van der Waals surface area contributed by atoms with E-state index in [-0.39, 0.29) is 12.5 Å². The summed E-state index contributed by atoms with van der Waals surface area (Å²) in [6, 6.07) is 11.4. The number of thiophene rings is 1. The number of hydrogen-bond acceptors (Lipinski definition) is 6. The molecule has 3 aliphatic rings. The normalized spacial score (nSPS) is 25.5. The van der Waals surface area contributed by atoms with Crippen molar-refractivity contribution in [1.29, 1.82) is 0 Å². The number of ether oxygens (including phenoxy) is 1. The first-order valence-electron chi connectivity index (χ1n) is 12.2. The summed E-state index contributed by atoms with van der Waals surface area (Å²) in [5.41, 5.74) is 0.505. The lowest BCUT2D eigenvalue weighted by atomic mass is 9.93. The number of benzene rings is 1. The zero-order valence-electron chi connectivity index (χ0n) is 19.5. The average molecular weight is 504 g/mol. The van der Waals surface area contributed by atoms with Crippen LogP contribution in [0.25, 0.3) is 0 Å². The van der Waals surface area contributed by atoms with E-state index in [9.17, 15) is 13.2 Å². The SMILES string of the molecule is COc1cccc(C(=O)NCc2ccc(S(=O)(=O)N3CCC(NC4CC5CCC4C5)CC3)s2)c1. The monoisotopic (exact) mass is 503 g/mol. The van der Waals surface area contributed by atoms with Gasteiger partial charge in [-0.05, 0) is 74.3 Å². The van der Waals surface area contributed by atoms with Crippen LogP contribution in [0, 0.1) is 11.8 Å². The van der Waals surface area contributed by atoms with Crippen LogP contribution in [0.15, 0.2) is 40.6 Å². The van der Waals surface area contributed by atoms with Crippen LogP contribution < -0.4 is 15.4 Å². The van der Waals surface area contributed by atoms with Crippen molar-refractivity contribution in [3.8, 4) is 5.75 Å². The quantitative estimate of drug-likeness (QED) is 0.575. The summed E-state index contributed by atoms with van der Waals surface area (Å²) in [6.07, 6.45) is 7.16. The van der Waals surface area contributed by atoms with E-state index in [1.165, 1.54) is 37.0 Å². The van der Waals surface area contributed by atoms with E-state index < -0.39 is 10.0 Å². The van der Waals surface area contributed by atoms with Crippen molar-refractivity contribution in [2.24, 2.45) is 11.8 Å². The number of hydrogen-bond donors (Lipinski definition) is 2. The van der Waals surface area contributed by atoms with Crippen LogP contribution in [0.4, 0.5) is 0 Å². The minimum absolute atomic E-state index is 0.221. The second kappa shape index (κ2) is 9.97. The highest BCUT2D eigenvalue weighted by atomic mass is 32.2. The molecule has 0 spiro atoms. The second-order valence-corrected chi connectivity index (χ2v) is 13.1. The Balaban J connectivity index is 1.13. The molecule has 1 aromatic heterocycles. The predicted molar refractivity (Wildman–Crippen MR) is 133 cm³/mol. The minimum atomic E-state index is -3.51. The molecule has 2 aromatic rings. The lowest BCUT2D eigenvalue weighted by Gasteiger charge is -2.35. The van der Waals surface area contributed by atoms with Crippen LogP contribution in [0.1, 0.15) is 53.8 Å². The zero-order valence-corrected chi connectivity index (χ0v) is 21.2. The van der Waals surface area contributed by atoms with E-state index in [4.69, 9.17) is 4.74 Å². The third-order valence-electron chi connectivity index (χ3n) is 7.63. The first kappa shape index (κ1) is 23.8. The summed E-state index contributed by atoms with van der Waals surface area (Å²) in [5.74, 6) is 2.14. The number of rotatable bonds is 8. The number of piperidine rings is 1. The lowest BCUT2D eigenvalue weighted by Crippen LogP contribution is -2.48. The topological polar surface area (TPSA) is 87.7 Å². The summed E-state index contributed by atoms with van der Waals surface area (Å²) < 4.78 is 33.5. The van der Waals surface area contributed by atoms with Crippen LogP contribution in [0.3, 0.4) is 0 Å². The average Bonchev–Trinajstić information content (AvgIpc) is 3.61. The molecule has 0 radical (unpaired) electrons. The summed E-state index contributed by atoms with van der Waals surface area (Å²) in [6.45, 7) is 1.40. The number of amides is 1. The zero-order chi connectivity index (χ0) is 23.7. The number of nitrogens with one attached hydrogen (secondary N) is 2. The molecule has 2 heterocycles. The minimum Gasteiger partial charge on any atom is -0.497 e. The van der Waals surface area contributed by atoms with Gasteiger partial charge in [-0.2, -0.15) is 4.31 Å². The van der Waals surface area contributed by atoms with Gasteiger partial charge in [-0.15, -0.1) is 11.3 Å². The highest BCUT2D eigenvalue weighted by Gasteiger charge is 2.40. The van der Waals surface area contributed by atoms with Gasteiger partial charge in [0.1, 0.15) is 9.96 Å². The molecule has 2 aliphatic carbocycles. The molecule has 5 rings (SSSR count). The Morgan fingerprint density at radius 3 is 2.65 bits per heavy atom. The van der Waals surface area contributed by atoms with Crippen LogP contribution >= 0.6 is 11.3 Å². The molecule has 2 bridgehead atoms. The summed E-state index contributed by atoms with van der Waals surface area (Å²) >= 11 is 1.23. The van der Waals surface area contributed by atoms with Gasteiger partial charge >= 0.3 is 0 Å². The molecular weight excluding hydrogens is 470 g/mol. The molecular formula is C25H33N3O4S2. The van der Waals surface area contributed by atoms with E-state index in [1.54, 1.807) is 47.8 Å². The van der Waals surface area contributed by atoms with Gasteiger partial charge in [0.25, 0.3) is 15.9 Å². The van der Waals surface area contributed by atoms with Crippen LogP contribution in [0.5, 0.6) is 5.75 Å². The molecule has 1 saturated heterocycles. The van der Waals surface area contributed by atoms with Crippen molar-refractivity contribution in [3.05, 3.63) is 46.8 Å². The van der Waals surface area contributed by atoms with Crippen molar-refractivity contribution in [2.75, 3.05) is 20.2 Å². The van der Waals surface area contributed by atoms with E-state index in [0.717, 1.165) is 29.6 Å². The highest BCUT2D eigenvalue weighted by Crippen LogP contribution is 2.44. The molecule has 2 N–H and O–H groups in total. The molecule has 1 aliphatic heterocycles. The van der Waals surface area contributed by atoms with Gasteiger partial charge < -0.3 is 15.4 Å². The van der Waals surface area contributed by atoms with Crippen molar-refractivity contribution < 1.29 is 17.9 Å². The van der Waals surface area contributed by atoms with Crippen LogP contribution in [0.2, 0.25) is 0 Å². The van der Waals surface area contributed by atoms with Gasteiger partial charge in [0, 0.05) is 35.6 Å². The summed E-state index contributed by atoms with van der Waals surface area (Å²) in [5, 5.41) is 6.71. The fourth-order valence-electron chi connectivity index (χ4n) is 5.77. The standard InChI is InChI=1S/C25H33N3O4S2/c1-32-21-4-2-3-19(15-21)25(29)26-16-22-7-8-24(33-22)34(30,31)28-11-9-20(10-12-28)27-23-14-17-5-6-18(23)13-17/h2-4,7-8,15,17-18,20,23,27H,5-6,9-14,16H2,1H3,(H,26,29). The van der Waals surface area contributed by atoms with Crippen molar-refractivity contribution >= 4 is 27.3 Å². The molecule has 184 valence electrons. The first-order chi connectivity index (χ1) is 16.4. The Labute approximate surface area is 205 Å². The summed E-state index contributed by atoms with van der Waals surface area (Å²) in [7, 11) is -1.95. The van der Waals surface area contributed by atoms with E-state index in [1.807, 2.05) is 0 Å². The maximum Gasteiger partial charge on any atom is 0.252 e. The molecule has 9 heteroatoms. The van der Waals surface area contributed by atoms with Gasteiger partial charge in [-0.1, -0.05) is 12.5 Å². The highest BCUT2D eigenvalue weighted by molar-refractivity contribution is 7.91. The fourth-order valence-corrected chi connectivity index (χ4v) is 8.69. The van der Waals surface area contributed by atoms with Gasteiger partial charge in [-0.25, -0.2) is 8.42 Å². The number of carbonyl (C=O) groups is 1. The van der Waals surface area contributed by atoms with Crippen LogP contribution in [-0.2, 0) is 16.6 Å². The molecule has 2 saturated carbocycles. The Morgan fingerprint density at radius 2 is 1.94 bits per heavy atom. The predicted octanol–water partition coefficient (Wildman–Crippen LogP) is 3.62. The largest absolute Gasteiger partial charge is 0.497 e. The smallest absolute Gasteiger partial charge is 0.252 e. The van der Waals surface area contributed by atoms with E-state index >= 15 is 0 Å². The maximum absolute atomic E-state index is 13.2. The maximum atomic E-state index is 13.2. The lowest BCUT2D eigenvalue weighted by molar-refractivity contribution is 0.0951. The molecule has 1 amide bonds. The first-order valence-corrected chi connectivity index (χ1v) is 14.4. The molecule has 7 nitrogen and oxygen atoms in total. The molecule has 3 unspecified atom stereocenters. The number of sulfonamides is 1. The third kappa shape index (κ3) is 5.03. The third-order valence-corrected chi connectivity index (χ3v) is 11.1. The Hall–Kier alpha value is -1.94. The van der Waals surface area contributed by atoms with Gasteiger partial charge in [0.2, 0.25) is 0 Å². The van der Waals surface area contributed by atoms with Crippen molar-refractivity contribution in [1.82, 2.24) is 14.9 Å². The number of fused-ring (bicyclic) bond motifs is 2. The van der Waals surface area contributed by atoms with Gasteiger partial charge in [0.05, 0.1) is 13.7 Å². The summed E-state index contributed by atoms with van der Waals surface area (Å²) in [4.78, 5) is 13.2. The Kier molecular flexibility index (Phi) is 6.97. The van der Waals surface area contributed by atoms with Crippen molar-refractivity contribution in [2.45, 2.75) is 61.4 Å². The van der Waals surface area contributed by atoms with Crippen molar-refractivity contribution in [3.63, 3.8) is 0 Å². The molecule has 3 fully saturated rings. The van der Waals surface area contributed by atoms with Crippen LogP contribution in [-0.4, -0.2) is 50.9 Å².